The third-order valence-corrected chi connectivity index (χ3v) is 12.1. The van der Waals surface area contributed by atoms with Gasteiger partial charge >= 0.3 is 5.97 Å². The zero-order valence-corrected chi connectivity index (χ0v) is 25.9. The molecule has 0 unspecified atom stereocenters. The van der Waals surface area contributed by atoms with Gasteiger partial charge in [-0.1, -0.05) is 136 Å². The Morgan fingerprint density at radius 2 is 1.05 bits per heavy atom. The molecule has 0 heterocycles. The van der Waals surface area contributed by atoms with Gasteiger partial charge in [-0.2, -0.15) is 0 Å². The fourth-order valence-electron chi connectivity index (χ4n) is 9.58. The molecule has 222 valence electrons. The van der Waals surface area contributed by atoms with E-state index < -0.39 is 11.4 Å². The van der Waals surface area contributed by atoms with E-state index in [9.17, 15) is 9.90 Å². The number of carboxylic acid groups (broad SMARTS) is 1. The van der Waals surface area contributed by atoms with Crippen molar-refractivity contribution in [1.29, 1.82) is 0 Å². The number of carboxylic acids is 1. The summed E-state index contributed by atoms with van der Waals surface area (Å²) in [7, 11) is 0. The van der Waals surface area contributed by atoms with Gasteiger partial charge in [0.25, 0.3) is 0 Å². The monoisotopic (exact) mass is 531 g/mol. The van der Waals surface area contributed by atoms with Crippen molar-refractivity contribution < 1.29 is 9.90 Å². The molecule has 3 aliphatic carbocycles. The van der Waals surface area contributed by atoms with E-state index in [1.807, 2.05) is 0 Å². The Hall–Kier alpha value is -0.530. The normalized spacial score (nSPS) is 28.4. The fourth-order valence-corrected chi connectivity index (χ4v) is 9.58. The van der Waals surface area contributed by atoms with Crippen LogP contribution in [-0.4, -0.2) is 11.1 Å². The second-order valence-corrected chi connectivity index (χ2v) is 14.3. The largest absolute Gasteiger partial charge is 0.481 e. The first-order valence-corrected chi connectivity index (χ1v) is 17.8. The maximum Gasteiger partial charge on any atom is 0.310 e. The quantitative estimate of drug-likeness (QED) is 0.179. The Morgan fingerprint density at radius 3 is 1.58 bits per heavy atom. The first-order chi connectivity index (χ1) is 18.5. The molecule has 0 atom stereocenters. The summed E-state index contributed by atoms with van der Waals surface area (Å²) in [5.41, 5.74) is 0.137. The van der Waals surface area contributed by atoms with Gasteiger partial charge in [0, 0.05) is 0 Å². The lowest BCUT2D eigenvalue weighted by Crippen LogP contribution is -2.53. The Bertz CT molecular complexity index is 632. The highest BCUT2D eigenvalue weighted by Crippen LogP contribution is 2.64. The number of rotatable bonds is 18. The van der Waals surface area contributed by atoms with Crippen molar-refractivity contribution in [1.82, 2.24) is 0 Å². The molecule has 0 amide bonds. The van der Waals surface area contributed by atoms with Crippen molar-refractivity contribution in [2.24, 2.45) is 22.2 Å². The van der Waals surface area contributed by atoms with E-state index in [2.05, 4.69) is 13.8 Å². The summed E-state index contributed by atoms with van der Waals surface area (Å²) in [6, 6.07) is 0. The van der Waals surface area contributed by atoms with Crippen LogP contribution in [0.1, 0.15) is 200 Å². The fraction of sp³-hybridized carbons (Fsp3) is 0.972. The molecule has 3 rings (SSSR count). The molecule has 0 aromatic rings. The Labute approximate surface area is 237 Å². The van der Waals surface area contributed by atoms with E-state index in [4.69, 9.17) is 0 Å². The first kappa shape index (κ1) is 32.0. The molecule has 0 spiro atoms. The molecule has 3 saturated carbocycles. The molecular formula is C36H66O2. The molecule has 3 fully saturated rings. The standard InChI is InChI=1S/C36H66O2/c1-3-5-7-9-11-12-18-24-34(32-22-16-14-17-23-32)28-30-35(31-29-34,25-19-13-10-8-6-4-2)36(33(37)38)26-20-15-21-27-36/h32H,3-31H2,1-2H3,(H,37,38). The number of carbonyl (C=O) groups is 1. The van der Waals surface area contributed by atoms with E-state index in [1.54, 1.807) is 0 Å². The second-order valence-electron chi connectivity index (χ2n) is 14.3. The van der Waals surface area contributed by atoms with E-state index in [0.717, 1.165) is 31.6 Å². The molecule has 1 N–H and O–H groups in total. The van der Waals surface area contributed by atoms with Crippen LogP contribution in [0.25, 0.3) is 0 Å². The molecular weight excluding hydrogens is 464 g/mol. The van der Waals surface area contributed by atoms with Crippen molar-refractivity contribution in [3.8, 4) is 0 Å². The number of unbranched alkanes of at least 4 members (excludes halogenated alkanes) is 11. The van der Waals surface area contributed by atoms with Gasteiger partial charge in [-0.05, 0) is 81.0 Å². The summed E-state index contributed by atoms with van der Waals surface area (Å²) in [4.78, 5) is 13.1. The van der Waals surface area contributed by atoms with Crippen LogP contribution < -0.4 is 0 Å². The predicted molar refractivity (Wildman–Crippen MR) is 164 cm³/mol. The summed E-state index contributed by atoms with van der Waals surface area (Å²) < 4.78 is 0. The minimum atomic E-state index is -0.438. The van der Waals surface area contributed by atoms with Gasteiger partial charge in [0.15, 0.2) is 0 Å². The van der Waals surface area contributed by atoms with Crippen LogP contribution >= 0.6 is 0 Å². The summed E-state index contributed by atoms with van der Waals surface area (Å²) >= 11 is 0. The van der Waals surface area contributed by atoms with Crippen molar-refractivity contribution in [2.75, 3.05) is 0 Å². The van der Waals surface area contributed by atoms with Gasteiger partial charge in [-0.15, -0.1) is 0 Å². The molecule has 0 radical (unpaired) electrons. The smallest absolute Gasteiger partial charge is 0.310 e. The molecule has 38 heavy (non-hydrogen) atoms. The predicted octanol–water partition coefficient (Wildman–Crippen LogP) is 12.0. The highest BCUT2D eigenvalue weighted by Gasteiger charge is 2.59. The number of hydrogen-bond donors (Lipinski definition) is 1. The molecule has 0 saturated heterocycles. The molecule has 2 heteroatoms. The summed E-state index contributed by atoms with van der Waals surface area (Å²) in [5, 5.41) is 10.8. The van der Waals surface area contributed by atoms with Crippen molar-refractivity contribution in [2.45, 2.75) is 200 Å². The Balaban J connectivity index is 1.71. The lowest BCUT2D eigenvalue weighted by atomic mass is 9.46. The van der Waals surface area contributed by atoms with Gasteiger partial charge in [-0.3, -0.25) is 4.79 Å². The van der Waals surface area contributed by atoms with Gasteiger partial charge in [0.1, 0.15) is 0 Å². The lowest BCUT2D eigenvalue weighted by Gasteiger charge is -2.58. The Morgan fingerprint density at radius 1 is 0.579 bits per heavy atom. The zero-order valence-electron chi connectivity index (χ0n) is 25.9. The minimum absolute atomic E-state index is 0.0579. The van der Waals surface area contributed by atoms with Gasteiger partial charge in [0.2, 0.25) is 0 Å². The van der Waals surface area contributed by atoms with Crippen LogP contribution in [0.2, 0.25) is 0 Å². The average molecular weight is 531 g/mol. The SMILES string of the molecule is CCCCCCCCCC1(C2CCCCC2)CCC(CCCCCCCC)(C2(C(=O)O)CCCCC2)CC1. The first-order valence-electron chi connectivity index (χ1n) is 17.8. The molecule has 0 aromatic heterocycles. The van der Waals surface area contributed by atoms with E-state index in [1.165, 1.54) is 161 Å². The summed E-state index contributed by atoms with van der Waals surface area (Å²) in [6.45, 7) is 4.60. The topological polar surface area (TPSA) is 37.3 Å². The average Bonchev–Trinajstić information content (AvgIpc) is 2.96. The second kappa shape index (κ2) is 16.7. The zero-order chi connectivity index (χ0) is 27.2. The van der Waals surface area contributed by atoms with E-state index in [0.29, 0.717) is 5.41 Å². The van der Waals surface area contributed by atoms with Crippen molar-refractivity contribution in [3.63, 3.8) is 0 Å². The highest BCUT2D eigenvalue weighted by atomic mass is 16.4. The molecule has 3 aliphatic rings. The maximum absolute atomic E-state index is 13.1. The van der Waals surface area contributed by atoms with Crippen molar-refractivity contribution in [3.05, 3.63) is 0 Å². The highest BCUT2D eigenvalue weighted by molar-refractivity contribution is 5.76. The van der Waals surface area contributed by atoms with Crippen LogP contribution in [0.4, 0.5) is 0 Å². The third-order valence-electron chi connectivity index (χ3n) is 12.1. The molecule has 2 nitrogen and oxygen atoms in total. The van der Waals surface area contributed by atoms with Crippen LogP contribution in [0.15, 0.2) is 0 Å². The van der Waals surface area contributed by atoms with Crippen LogP contribution in [-0.2, 0) is 4.79 Å². The summed E-state index contributed by atoms with van der Waals surface area (Å²) in [6.07, 6.45) is 38.1. The molecule has 0 bridgehead atoms. The van der Waals surface area contributed by atoms with Crippen LogP contribution in [0.3, 0.4) is 0 Å². The van der Waals surface area contributed by atoms with Gasteiger partial charge < -0.3 is 5.11 Å². The van der Waals surface area contributed by atoms with Gasteiger partial charge in [-0.25, -0.2) is 0 Å². The maximum atomic E-state index is 13.1. The minimum Gasteiger partial charge on any atom is -0.481 e. The van der Waals surface area contributed by atoms with Crippen molar-refractivity contribution >= 4 is 5.97 Å². The summed E-state index contributed by atoms with van der Waals surface area (Å²) in [5.74, 6) is 0.482. The van der Waals surface area contributed by atoms with Crippen LogP contribution in [0.5, 0.6) is 0 Å². The van der Waals surface area contributed by atoms with Crippen LogP contribution in [0, 0.1) is 22.2 Å². The van der Waals surface area contributed by atoms with E-state index >= 15 is 0 Å². The number of aliphatic carboxylic acids is 1. The van der Waals surface area contributed by atoms with Gasteiger partial charge in [0.05, 0.1) is 5.41 Å². The lowest BCUT2D eigenvalue weighted by molar-refractivity contribution is -0.171. The third kappa shape index (κ3) is 8.25. The Kier molecular flexibility index (Phi) is 14.0. The molecule has 0 aliphatic heterocycles. The molecule has 0 aromatic carbocycles. The van der Waals surface area contributed by atoms with E-state index in [-0.39, 0.29) is 5.41 Å². The number of hydrogen-bond acceptors (Lipinski definition) is 1.